The maximum absolute atomic E-state index is 12.0. The number of carbonyl (C=O) groups is 4. The maximum Gasteiger partial charge on any atom is 0.328 e. The van der Waals surface area contributed by atoms with Crippen LogP contribution in [-0.4, -0.2) is 60.3 Å². The summed E-state index contributed by atoms with van der Waals surface area (Å²) < 4.78 is 4.82. The van der Waals surface area contributed by atoms with Gasteiger partial charge in [0.1, 0.15) is 18.4 Å². The minimum atomic E-state index is -1.09. The van der Waals surface area contributed by atoms with Crippen molar-refractivity contribution in [2.45, 2.75) is 37.8 Å². The number of hydrogen-bond acceptors (Lipinski definition) is 9. The Morgan fingerprint density at radius 2 is 1.88 bits per heavy atom. The highest BCUT2D eigenvalue weighted by molar-refractivity contribution is 7.79. The van der Waals surface area contributed by atoms with Crippen molar-refractivity contribution in [1.82, 2.24) is 5.32 Å². The number of ether oxygens (including phenoxy) is 1. The molecule has 0 spiro atoms. The van der Waals surface area contributed by atoms with Gasteiger partial charge in [-0.2, -0.15) is 0 Å². The van der Waals surface area contributed by atoms with Crippen molar-refractivity contribution in [1.29, 1.82) is 5.41 Å². The third-order valence-electron chi connectivity index (χ3n) is 3.03. The highest BCUT2D eigenvalue weighted by Crippen LogP contribution is 2.03. The summed E-state index contributed by atoms with van der Waals surface area (Å²) in [7, 11) is 0. The Balaban J connectivity index is 4.69. The van der Waals surface area contributed by atoms with E-state index >= 15 is 0 Å². The molecule has 1 amide bonds. The lowest BCUT2D eigenvalue weighted by atomic mass is 10.1. The highest BCUT2D eigenvalue weighted by Gasteiger charge is 2.25. The SMILES string of the molecule is N=CC(=O)CCC(NC(=O)C(N)CCC(=O)CN)C(=O)OCC=S. The summed E-state index contributed by atoms with van der Waals surface area (Å²) >= 11 is 4.55. The molecule has 6 N–H and O–H groups in total. The van der Waals surface area contributed by atoms with Crippen LogP contribution in [0.5, 0.6) is 0 Å². The lowest BCUT2D eigenvalue weighted by Crippen LogP contribution is -2.49. The van der Waals surface area contributed by atoms with Crippen LogP contribution in [0.3, 0.4) is 0 Å². The second kappa shape index (κ2) is 12.4. The van der Waals surface area contributed by atoms with Crippen molar-refractivity contribution in [3.05, 3.63) is 0 Å². The molecular formula is C14H22N4O5S. The van der Waals surface area contributed by atoms with Crippen LogP contribution in [0, 0.1) is 5.41 Å². The number of nitrogens with two attached hydrogens (primary N) is 2. The molecule has 0 aromatic carbocycles. The molecule has 0 saturated heterocycles. The number of ketones is 2. The molecule has 0 rings (SSSR count). The van der Waals surface area contributed by atoms with Crippen molar-refractivity contribution in [3.63, 3.8) is 0 Å². The van der Waals surface area contributed by atoms with Gasteiger partial charge in [0, 0.05) is 18.2 Å². The Labute approximate surface area is 145 Å². The summed E-state index contributed by atoms with van der Waals surface area (Å²) in [6, 6.07) is -2.09. The second-order valence-electron chi connectivity index (χ2n) is 4.90. The Morgan fingerprint density at radius 3 is 2.42 bits per heavy atom. The van der Waals surface area contributed by atoms with Gasteiger partial charge in [0.15, 0.2) is 5.78 Å². The average Bonchev–Trinajstić information content (AvgIpc) is 2.59. The van der Waals surface area contributed by atoms with E-state index < -0.39 is 29.7 Å². The van der Waals surface area contributed by atoms with Gasteiger partial charge in [0.25, 0.3) is 0 Å². The molecule has 0 aromatic rings. The summed E-state index contributed by atoms with van der Waals surface area (Å²) in [5.74, 6) is -2.12. The number of amides is 1. The number of esters is 1. The van der Waals surface area contributed by atoms with E-state index in [1.54, 1.807) is 0 Å². The van der Waals surface area contributed by atoms with E-state index in [9.17, 15) is 19.2 Å². The molecule has 0 fully saturated rings. The predicted molar refractivity (Wildman–Crippen MR) is 90.8 cm³/mol. The van der Waals surface area contributed by atoms with Gasteiger partial charge in [-0.3, -0.25) is 14.4 Å². The standard InChI is InChI=1S/C14H22N4O5S/c15-7-9(19)1-3-11(17)13(21)18-12(4-2-10(20)8-16)14(22)23-5-6-24/h6,8,11-12,16H,1-5,7,15,17H2,(H,18,21). The monoisotopic (exact) mass is 358 g/mol. The van der Waals surface area contributed by atoms with E-state index in [1.165, 1.54) is 5.37 Å². The molecule has 2 atom stereocenters. The summed E-state index contributed by atoms with van der Waals surface area (Å²) in [6.45, 7) is -0.247. The molecular weight excluding hydrogens is 336 g/mol. The third-order valence-corrected chi connectivity index (χ3v) is 3.17. The van der Waals surface area contributed by atoms with Gasteiger partial charge in [-0.05, 0) is 12.8 Å². The van der Waals surface area contributed by atoms with Gasteiger partial charge >= 0.3 is 5.97 Å². The van der Waals surface area contributed by atoms with Crippen LogP contribution in [0.4, 0.5) is 0 Å². The average molecular weight is 358 g/mol. The minimum absolute atomic E-state index is 0.0370. The number of nitrogens with one attached hydrogen (secondary N) is 2. The van der Waals surface area contributed by atoms with E-state index in [-0.39, 0.29) is 44.6 Å². The first-order valence-electron chi connectivity index (χ1n) is 7.27. The van der Waals surface area contributed by atoms with E-state index in [0.717, 1.165) is 0 Å². The van der Waals surface area contributed by atoms with E-state index in [1.807, 2.05) is 0 Å². The number of thiocarbonyl (C=S) groups is 1. The first kappa shape index (κ1) is 22.0. The van der Waals surface area contributed by atoms with Gasteiger partial charge in [0.2, 0.25) is 5.91 Å². The van der Waals surface area contributed by atoms with Crippen LogP contribution in [0.15, 0.2) is 0 Å². The molecule has 9 nitrogen and oxygen atoms in total. The topological polar surface area (TPSA) is 165 Å². The van der Waals surface area contributed by atoms with E-state index in [4.69, 9.17) is 21.6 Å². The summed E-state index contributed by atoms with van der Waals surface area (Å²) in [6.07, 6.45) is 0.624. The minimum Gasteiger partial charge on any atom is -0.459 e. The second-order valence-corrected chi connectivity index (χ2v) is 5.23. The quantitative estimate of drug-likeness (QED) is 0.178. The van der Waals surface area contributed by atoms with Crippen LogP contribution >= 0.6 is 12.2 Å². The van der Waals surface area contributed by atoms with Crippen LogP contribution in [0.1, 0.15) is 25.7 Å². The molecule has 134 valence electrons. The van der Waals surface area contributed by atoms with Crippen molar-refractivity contribution in [2.75, 3.05) is 13.2 Å². The van der Waals surface area contributed by atoms with Crippen LogP contribution in [0.25, 0.3) is 0 Å². The molecule has 2 unspecified atom stereocenters. The molecule has 0 aliphatic rings. The molecule has 0 aliphatic heterocycles. The lowest BCUT2D eigenvalue weighted by Gasteiger charge is -2.19. The Bertz CT molecular complexity index is 498. The van der Waals surface area contributed by atoms with Crippen molar-refractivity contribution in [2.24, 2.45) is 11.5 Å². The fourth-order valence-corrected chi connectivity index (χ4v) is 1.72. The van der Waals surface area contributed by atoms with Gasteiger partial charge < -0.3 is 26.9 Å². The predicted octanol–water partition coefficient (Wildman–Crippen LogP) is -1.35. The largest absolute Gasteiger partial charge is 0.459 e. The molecule has 0 bridgehead atoms. The first-order chi connectivity index (χ1) is 11.3. The molecule has 0 saturated carbocycles. The maximum atomic E-state index is 12.0. The smallest absolute Gasteiger partial charge is 0.328 e. The van der Waals surface area contributed by atoms with E-state index in [2.05, 4.69) is 17.5 Å². The van der Waals surface area contributed by atoms with Gasteiger partial charge in [-0.1, -0.05) is 12.2 Å². The van der Waals surface area contributed by atoms with Crippen LogP contribution in [-0.2, 0) is 23.9 Å². The number of Topliss-reactive ketones (excluding diaryl/α,β-unsaturated/α-hetero) is 2. The van der Waals surface area contributed by atoms with Crippen molar-refractivity contribution in [3.8, 4) is 0 Å². The van der Waals surface area contributed by atoms with Gasteiger partial charge in [-0.15, -0.1) is 0 Å². The molecule has 0 aliphatic carbocycles. The molecule has 10 heteroatoms. The normalized spacial score (nSPS) is 12.6. The van der Waals surface area contributed by atoms with Crippen LogP contribution in [0.2, 0.25) is 0 Å². The highest BCUT2D eigenvalue weighted by atomic mass is 32.1. The lowest BCUT2D eigenvalue weighted by molar-refractivity contribution is -0.146. The van der Waals surface area contributed by atoms with Crippen molar-refractivity contribution < 1.29 is 23.9 Å². The zero-order chi connectivity index (χ0) is 18.5. The number of hydrogen-bond donors (Lipinski definition) is 4. The summed E-state index contributed by atoms with van der Waals surface area (Å²) in [4.78, 5) is 46.2. The third kappa shape index (κ3) is 9.18. The fourth-order valence-electron chi connectivity index (χ4n) is 1.65. The zero-order valence-electron chi connectivity index (χ0n) is 13.2. The van der Waals surface area contributed by atoms with Gasteiger partial charge in [-0.25, -0.2) is 4.79 Å². The Kier molecular flexibility index (Phi) is 11.3. The van der Waals surface area contributed by atoms with E-state index in [0.29, 0.717) is 6.21 Å². The molecule has 0 heterocycles. The molecule has 24 heavy (non-hydrogen) atoms. The Hall–Kier alpha value is -2.04. The number of rotatable bonds is 13. The van der Waals surface area contributed by atoms with Crippen LogP contribution < -0.4 is 16.8 Å². The zero-order valence-corrected chi connectivity index (χ0v) is 14.0. The summed E-state index contributed by atoms with van der Waals surface area (Å²) in [5.41, 5.74) is 10.8. The van der Waals surface area contributed by atoms with Gasteiger partial charge in [0.05, 0.1) is 18.8 Å². The summed E-state index contributed by atoms with van der Waals surface area (Å²) in [5, 5.41) is 10.4. The van der Waals surface area contributed by atoms with Crippen molar-refractivity contribution >= 4 is 47.2 Å². The molecule has 0 radical (unpaired) electrons. The number of carbonyl (C=O) groups excluding carboxylic acids is 4. The Morgan fingerprint density at radius 1 is 1.21 bits per heavy atom. The first-order valence-corrected chi connectivity index (χ1v) is 7.74. The fraction of sp³-hybridized carbons (Fsp3) is 0.571. The molecule has 0 aromatic heterocycles.